The van der Waals surface area contributed by atoms with Gasteiger partial charge in [0, 0.05) is 15.7 Å². The molecular weight excluding hydrogens is 397 g/mol. The van der Waals surface area contributed by atoms with E-state index in [1.54, 1.807) is 12.1 Å². The minimum absolute atomic E-state index is 0.312. The summed E-state index contributed by atoms with van der Waals surface area (Å²) in [5.74, 6) is 0.0577. The molecule has 0 aliphatic heterocycles. The number of carbonyl (C=O) groups is 1. The lowest BCUT2D eigenvalue weighted by Gasteiger charge is -2.07. The normalized spacial score (nSPS) is 10.8. The lowest BCUT2D eigenvalue weighted by molar-refractivity contribution is 0.102. The molecule has 0 bridgehead atoms. The van der Waals surface area contributed by atoms with Crippen molar-refractivity contribution in [3.8, 4) is 11.4 Å². The number of H-pyrrole nitrogens is 1. The zero-order chi connectivity index (χ0) is 18.1. The third-order valence-corrected chi connectivity index (χ3v) is 4.64. The molecular formula is C20H13BrFN3O. The molecule has 2 N–H and O–H groups in total. The Labute approximate surface area is 157 Å². The summed E-state index contributed by atoms with van der Waals surface area (Å²) in [6.07, 6.45) is 0. The molecule has 1 aromatic heterocycles. The first-order valence-corrected chi connectivity index (χ1v) is 8.71. The summed E-state index contributed by atoms with van der Waals surface area (Å²) in [6.45, 7) is 0. The first-order valence-electron chi connectivity index (χ1n) is 7.92. The Morgan fingerprint density at radius 3 is 2.54 bits per heavy atom. The molecule has 0 aliphatic carbocycles. The van der Waals surface area contributed by atoms with Crippen molar-refractivity contribution >= 4 is 38.6 Å². The van der Waals surface area contributed by atoms with Crippen molar-refractivity contribution in [1.82, 2.24) is 9.97 Å². The zero-order valence-electron chi connectivity index (χ0n) is 13.5. The molecule has 0 aliphatic rings. The van der Waals surface area contributed by atoms with Gasteiger partial charge in [-0.15, -0.1) is 0 Å². The Morgan fingerprint density at radius 2 is 1.81 bits per heavy atom. The Kier molecular flexibility index (Phi) is 4.26. The first kappa shape index (κ1) is 16.5. The van der Waals surface area contributed by atoms with E-state index in [1.807, 2.05) is 36.4 Å². The third-order valence-electron chi connectivity index (χ3n) is 3.98. The van der Waals surface area contributed by atoms with Crippen LogP contribution in [0.2, 0.25) is 0 Å². The number of para-hydroxylation sites is 2. The standard InChI is InChI=1S/C20H13BrFN3O/c21-16-11-13(22)7-10-15(16)20(26)23-14-8-5-12(6-9-14)19-24-17-3-1-2-4-18(17)25-19/h1-11H,(H,23,26)(H,24,25). The van der Waals surface area contributed by atoms with Gasteiger partial charge >= 0.3 is 0 Å². The highest BCUT2D eigenvalue weighted by Crippen LogP contribution is 2.23. The van der Waals surface area contributed by atoms with Gasteiger partial charge in [0.25, 0.3) is 5.91 Å². The molecule has 26 heavy (non-hydrogen) atoms. The molecule has 0 unspecified atom stereocenters. The van der Waals surface area contributed by atoms with E-state index in [1.165, 1.54) is 18.2 Å². The maximum absolute atomic E-state index is 13.1. The highest BCUT2D eigenvalue weighted by Gasteiger charge is 2.11. The van der Waals surface area contributed by atoms with Crippen molar-refractivity contribution in [3.63, 3.8) is 0 Å². The van der Waals surface area contributed by atoms with E-state index in [9.17, 15) is 9.18 Å². The van der Waals surface area contributed by atoms with Crippen molar-refractivity contribution in [3.05, 3.63) is 82.6 Å². The summed E-state index contributed by atoms with van der Waals surface area (Å²) < 4.78 is 13.6. The largest absolute Gasteiger partial charge is 0.338 e. The molecule has 0 spiro atoms. The number of aromatic nitrogens is 2. The Balaban J connectivity index is 1.55. The number of halogens is 2. The van der Waals surface area contributed by atoms with Gasteiger partial charge in [-0.1, -0.05) is 12.1 Å². The van der Waals surface area contributed by atoms with Gasteiger partial charge in [0.2, 0.25) is 0 Å². The molecule has 0 saturated carbocycles. The first-order chi connectivity index (χ1) is 12.6. The number of hydrogen-bond donors (Lipinski definition) is 2. The molecule has 0 saturated heterocycles. The molecule has 4 aromatic rings. The van der Waals surface area contributed by atoms with Gasteiger partial charge in [-0.25, -0.2) is 9.37 Å². The Hall–Kier alpha value is -2.99. The van der Waals surface area contributed by atoms with Crippen LogP contribution in [0.3, 0.4) is 0 Å². The lowest BCUT2D eigenvalue weighted by Crippen LogP contribution is -2.12. The fraction of sp³-hybridized carbons (Fsp3) is 0. The number of imidazole rings is 1. The van der Waals surface area contributed by atoms with Gasteiger partial charge < -0.3 is 10.3 Å². The predicted octanol–water partition coefficient (Wildman–Crippen LogP) is 5.38. The molecule has 0 radical (unpaired) electrons. The van der Waals surface area contributed by atoms with Crippen molar-refractivity contribution in [1.29, 1.82) is 0 Å². The fourth-order valence-corrected chi connectivity index (χ4v) is 3.20. The van der Waals surface area contributed by atoms with Crippen molar-refractivity contribution in [2.24, 2.45) is 0 Å². The Bertz CT molecular complexity index is 1070. The van der Waals surface area contributed by atoms with E-state index < -0.39 is 5.82 Å². The number of amides is 1. The average Bonchev–Trinajstić information content (AvgIpc) is 3.06. The van der Waals surface area contributed by atoms with E-state index in [0.29, 0.717) is 15.7 Å². The molecule has 4 nitrogen and oxygen atoms in total. The SMILES string of the molecule is O=C(Nc1ccc(-c2nc3ccccc3[nH]2)cc1)c1ccc(F)cc1Br. The van der Waals surface area contributed by atoms with Crippen LogP contribution in [0.5, 0.6) is 0 Å². The van der Waals surface area contributed by atoms with Crippen LogP contribution in [0.15, 0.2) is 71.2 Å². The average molecular weight is 410 g/mol. The maximum atomic E-state index is 13.1. The summed E-state index contributed by atoms with van der Waals surface area (Å²) in [4.78, 5) is 20.2. The van der Waals surface area contributed by atoms with Crippen LogP contribution in [0.4, 0.5) is 10.1 Å². The second-order valence-corrected chi connectivity index (χ2v) is 6.61. The van der Waals surface area contributed by atoms with E-state index >= 15 is 0 Å². The van der Waals surface area contributed by atoms with Crippen LogP contribution >= 0.6 is 15.9 Å². The van der Waals surface area contributed by atoms with Gasteiger partial charge in [0.1, 0.15) is 11.6 Å². The smallest absolute Gasteiger partial charge is 0.256 e. The number of rotatable bonds is 3. The lowest BCUT2D eigenvalue weighted by atomic mass is 10.1. The summed E-state index contributed by atoms with van der Waals surface area (Å²) in [5, 5.41) is 2.80. The van der Waals surface area contributed by atoms with Crippen LogP contribution in [0.25, 0.3) is 22.4 Å². The molecule has 0 fully saturated rings. The van der Waals surface area contributed by atoms with Crippen molar-refractivity contribution < 1.29 is 9.18 Å². The number of hydrogen-bond acceptors (Lipinski definition) is 2. The van der Waals surface area contributed by atoms with E-state index in [-0.39, 0.29) is 5.91 Å². The minimum atomic E-state index is -0.399. The van der Waals surface area contributed by atoms with Crippen LogP contribution in [0.1, 0.15) is 10.4 Å². The fourth-order valence-electron chi connectivity index (χ4n) is 2.67. The minimum Gasteiger partial charge on any atom is -0.338 e. The predicted molar refractivity (Wildman–Crippen MR) is 104 cm³/mol. The van der Waals surface area contributed by atoms with Gasteiger partial charge in [0.15, 0.2) is 0 Å². The summed E-state index contributed by atoms with van der Waals surface area (Å²) in [7, 11) is 0. The van der Waals surface area contributed by atoms with Crippen LogP contribution in [-0.4, -0.2) is 15.9 Å². The summed E-state index contributed by atoms with van der Waals surface area (Å²) >= 11 is 3.21. The molecule has 1 amide bonds. The van der Waals surface area contributed by atoms with Crippen molar-refractivity contribution in [2.75, 3.05) is 5.32 Å². The van der Waals surface area contributed by atoms with E-state index in [4.69, 9.17) is 0 Å². The number of nitrogens with zero attached hydrogens (tertiary/aromatic N) is 1. The second kappa shape index (κ2) is 6.72. The second-order valence-electron chi connectivity index (χ2n) is 5.76. The third kappa shape index (κ3) is 3.23. The maximum Gasteiger partial charge on any atom is 0.256 e. The number of benzene rings is 3. The number of anilines is 1. The highest BCUT2D eigenvalue weighted by molar-refractivity contribution is 9.10. The molecule has 6 heteroatoms. The molecule has 3 aromatic carbocycles. The summed E-state index contributed by atoms with van der Waals surface area (Å²) in [6, 6.07) is 19.2. The van der Waals surface area contributed by atoms with Gasteiger partial charge in [-0.05, 0) is 70.5 Å². The number of carbonyl (C=O) groups excluding carboxylic acids is 1. The molecule has 128 valence electrons. The number of fused-ring (bicyclic) bond motifs is 1. The summed E-state index contributed by atoms with van der Waals surface area (Å²) in [5.41, 5.74) is 3.81. The number of nitrogens with one attached hydrogen (secondary N) is 2. The topological polar surface area (TPSA) is 57.8 Å². The van der Waals surface area contributed by atoms with E-state index in [0.717, 1.165) is 22.4 Å². The van der Waals surface area contributed by atoms with E-state index in [2.05, 4.69) is 31.2 Å². The van der Waals surface area contributed by atoms with Crippen molar-refractivity contribution in [2.45, 2.75) is 0 Å². The van der Waals surface area contributed by atoms with Gasteiger partial charge in [-0.2, -0.15) is 0 Å². The van der Waals surface area contributed by atoms with Crippen LogP contribution < -0.4 is 5.32 Å². The van der Waals surface area contributed by atoms with Crippen LogP contribution in [-0.2, 0) is 0 Å². The molecule has 0 atom stereocenters. The Morgan fingerprint density at radius 1 is 1.04 bits per heavy atom. The van der Waals surface area contributed by atoms with Crippen LogP contribution in [0, 0.1) is 5.82 Å². The highest BCUT2D eigenvalue weighted by atomic mass is 79.9. The molecule has 4 rings (SSSR count). The van der Waals surface area contributed by atoms with Gasteiger partial charge in [-0.3, -0.25) is 4.79 Å². The molecule has 1 heterocycles. The quantitative estimate of drug-likeness (QED) is 0.476. The van der Waals surface area contributed by atoms with Gasteiger partial charge in [0.05, 0.1) is 16.6 Å². The monoisotopic (exact) mass is 409 g/mol. The zero-order valence-corrected chi connectivity index (χ0v) is 15.0. The number of aromatic amines is 1.